The molecular weight excluding hydrogens is 600 g/mol. The minimum Gasteiger partial charge on any atom is -0.510 e. The minimum atomic E-state index is -1.58. The summed E-state index contributed by atoms with van der Waals surface area (Å²) in [7, 11) is 4.75. The SMILES string of the molecule is COc1ccc(-c2csc(Nc3ccc4c(c3O)C(O)=C3C(=O)C5C(=O)C(C(N)=O)=C(O)[C@@H](N(C)C)C5C(O)C3[C@H]4C)n2)cc1. The average molecular weight is 633 g/mol. The zero-order valence-corrected chi connectivity index (χ0v) is 25.6. The van der Waals surface area contributed by atoms with Crippen LogP contribution in [0.3, 0.4) is 0 Å². The molecule has 3 aromatic rings. The number of aromatic nitrogens is 1. The van der Waals surface area contributed by atoms with Gasteiger partial charge < -0.3 is 36.2 Å². The number of ether oxygens (including phenoxy) is 1. The molecule has 0 radical (unpaired) electrons. The van der Waals surface area contributed by atoms with Crippen LogP contribution in [0, 0.1) is 17.8 Å². The summed E-state index contributed by atoms with van der Waals surface area (Å²) >= 11 is 1.30. The van der Waals surface area contributed by atoms with E-state index >= 15 is 0 Å². The van der Waals surface area contributed by atoms with Gasteiger partial charge in [-0.05, 0) is 55.9 Å². The van der Waals surface area contributed by atoms with Crippen LogP contribution in [0.4, 0.5) is 10.8 Å². The van der Waals surface area contributed by atoms with E-state index in [0.29, 0.717) is 22.1 Å². The number of aliphatic hydroxyl groups is 3. The fourth-order valence-electron chi connectivity index (χ4n) is 7.05. The van der Waals surface area contributed by atoms with Crippen molar-refractivity contribution in [2.24, 2.45) is 23.5 Å². The average Bonchev–Trinajstić information content (AvgIpc) is 3.46. The van der Waals surface area contributed by atoms with Crippen molar-refractivity contribution in [3.05, 3.63) is 69.8 Å². The summed E-state index contributed by atoms with van der Waals surface area (Å²) in [6, 6.07) is 9.64. The van der Waals surface area contributed by atoms with Crippen LogP contribution >= 0.6 is 11.3 Å². The molecule has 0 aliphatic heterocycles. The third-order valence-corrected chi connectivity index (χ3v) is 9.88. The van der Waals surface area contributed by atoms with E-state index < -0.39 is 70.4 Å². The van der Waals surface area contributed by atoms with Crippen LogP contribution in [-0.4, -0.2) is 81.1 Å². The summed E-state index contributed by atoms with van der Waals surface area (Å²) in [6.07, 6.45) is -1.38. The quantitative estimate of drug-likeness (QED) is 0.133. The van der Waals surface area contributed by atoms with Gasteiger partial charge in [-0.15, -0.1) is 11.3 Å². The number of ketones is 2. The van der Waals surface area contributed by atoms with Gasteiger partial charge in [0.15, 0.2) is 16.7 Å². The first-order valence-corrected chi connectivity index (χ1v) is 15.1. The number of nitrogens with one attached hydrogen (secondary N) is 1. The lowest BCUT2D eigenvalue weighted by Crippen LogP contribution is -2.61. The molecule has 4 unspecified atom stereocenters. The summed E-state index contributed by atoms with van der Waals surface area (Å²) < 4.78 is 5.21. The highest BCUT2D eigenvalue weighted by Crippen LogP contribution is 2.55. The molecule has 1 fully saturated rings. The predicted octanol–water partition coefficient (Wildman–Crippen LogP) is 3.26. The van der Waals surface area contributed by atoms with Gasteiger partial charge in [0.2, 0.25) is 0 Å². The highest BCUT2D eigenvalue weighted by molar-refractivity contribution is 7.14. The monoisotopic (exact) mass is 632 g/mol. The Morgan fingerprint density at radius 1 is 1.07 bits per heavy atom. The Morgan fingerprint density at radius 3 is 2.38 bits per heavy atom. The number of amides is 1. The topological polar surface area (TPSA) is 196 Å². The highest BCUT2D eigenvalue weighted by atomic mass is 32.1. The third kappa shape index (κ3) is 4.57. The molecule has 0 spiro atoms. The van der Waals surface area contributed by atoms with E-state index in [1.54, 1.807) is 40.3 Å². The molecule has 12 nitrogen and oxygen atoms in total. The van der Waals surface area contributed by atoms with Crippen molar-refractivity contribution in [2.75, 3.05) is 26.5 Å². The van der Waals surface area contributed by atoms with Crippen LogP contribution in [-0.2, 0) is 14.4 Å². The van der Waals surface area contributed by atoms with Crippen molar-refractivity contribution >= 4 is 45.4 Å². The number of likely N-dealkylation sites (N-methyl/N-ethyl adjacent to an activating group) is 1. The fraction of sp³-hybridized carbons (Fsp3) is 0.312. The lowest BCUT2D eigenvalue weighted by molar-refractivity contribution is -0.143. The van der Waals surface area contributed by atoms with Crippen LogP contribution in [0.15, 0.2) is 58.7 Å². The van der Waals surface area contributed by atoms with Gasteiger partial charge in [-0.3, -0.25) is 19.3 Å². The number of Topliss-reactive ketones (excluding diaryl/α,β-unsaturated/α-hetero) is 2. The van der Waals surface area contributed by atoms with Crippen molar-refractivity contribution in [2.45, 2.75) is 25.0 Å². The van der Waals surface area contributed by atoms with Gasteiger partial charge in [0.1, 0.15) is 28.6 Å². The molecule has 3 aliphatic carbocycles. The maximum absolute atomic E-state index is 14.1. The van der Waals surface area contributed by atoms with E-state index in [1.807, 2.05) is 29.6 Å². The van der Waals surface area contributed by atoms with Gasteiger partial charge in [-0.1, -0.05) is 13.0 Å². The van der Waals surface area contributed by atoms with Gasteiger partial charge in [-0.25, -0.2) is 4.98 Å². The first-order chi connectivity index (χ1) is 21.4. The maximum atomic E-state index is 14.1. The summed E-state index contributed by atoms with van der Waals surface area (Å²) in [6.45, 7) is 1.75. The number of nitrogens with two attached hydrogens (primary N) is 1. The summed E-state index contributed by atoms with van der Waals surface area (Å²) in [5, 5.41) is 51.0. The predicted molar refractivity (Wildman–Crippen MR) is 166 cm³/mol. The number of benzene rings is 2. The number of phenolic OH excluding ortho intramolecular Hbond substituents is 1. The number of primary amides is 1. The van der Waals surface area contributed by atoms with E-state index in [9.17, 15) is 34.8 Å². The Kier molecular flexibility index (Phi) is 7.42. The molecule has 0 bridgehead atoms. The van der Waals surface area contributed by atoms with Crippen LogP contribution in [0.25, 0.3) is 17.0 Å². The Balaban J connectivity index is 1.40. The number of nitrogens with zero attached hydrogens (tertiary/aromatic N) is 2. The number of anilines is 2. The molecule has 3 aliphatic rings. The largest absolute Gasteiger partial charge is 0.510 e. The van der Waals surface area contributed by atoms with E-state index in [-0.39, 0.29) is 22.6 Å². The third-order valence-electron chi connectivity index (χ3n) is 9.12. The van der Waals surface area contributed by atoms with Gasteiger partial charge in [0.25, 0.3) is 5.91 Å². The van der Waals surface area contributed by atoms with Crippen molar-refractivity contribution in [3.8, 4) is 22.8 Å². The number of fused-ring (bicyclic) bond motifs is 3. The number of hydrogen-bond acceptors (Lipinski definition) is 12. The number of hydrogen-bond donors (Lipinski definition) is 6. The minimum absolute atomic E-state index is 0.00869. The molecule has 13 heteroatoms. The molecule has 7 N–H and O–H groups in total. The molecule has 1 amide bonds. The van der Waals surface area contributed by atoms with Crippen molar-refractivity contribution in [1.82, 2.24) is 9.88 Å². The number of phenols is 1. The van der Waals surface area contributed by atoms with Gasteiger partial charge in [-0.2, -0.15) is 0 Å². The lowest BCUT2D eigenvalue weighted by Gasteiger charge is -2.50. The number of carbonyl (C=O) groups is 3. The van der Waals surface area contributed by atoms with Crippen molar-refractivity contribution in [1.29, 1.82) is 0 Å². The van der Waals surface area contributed by atoms with Gasteiger partial charge in [0.05, 0.1) is 42.1 Å². The second-order valence-corrected chi connectivity index (χ2v) is 12.6. The molecule has 0 saturated heterocycles. The first-order valence-electron chi connectivity index (χ1n) is 14.2. The summed E-state index contributed by atoms with van der Waals surface area (Å²) in [5.41, 5.74) is 6.75. The zero-order valence-electron chi connectivity index (χ0n) is 24.8. The highest BCUT2D eigenvalue weighted by Gasteiger charge is 2.60. The maximum Gasteiger partial charge on any atom is 0.255 e. The first kappa shape index (κ1) is 30.3. The molecule has 1 aromatic heterocycles. The fourth-order valence-corrected chi connectivity index (χ4v) is 7.78. The Bertz CT molecular complexity index is 1810. The number of thiazole rings is 1. The van der Waals surface area contributed by atoms with Crippen molar-refractivity contribution in [3.63, 3.8) is 0 Å². The van der Waals surface area contributed by atoms with Crippen LogP contribution in [0.5, 0.6) is 11.5 Å². The van der Waals surface area contributed by atoms with E-state index in [4.69, 9.17) is 10.5 Å². The molecule has 2 aromatic carbocycles. The van der Waals surface area contributed by atoms with E-state index in [0.717, 1.165) is 5.56 Å². The van der Waals surface area contributed by atoms with Gasteiger partial charge in [0, 0.05) is 28.4 Å². The second kappa shape index (κ2) is 11.0. The summed E-state index contributed by atoms with van der Waals surface area (Å²) in [4.78, 5) is 45.8. The molecule has 234 valence electrons. The number of carbonyl (C=O) groups excluding carboxylic acids is 3. The van der Waals surface area contributed by atoms with Crippen molar-refractivity contribution < 1.29 is 39.5 Å². The standard InChI is InChI=1S/C32H32N4O8S/c1-12-15-9-10-16(34-32-35-17(11-45-32)13-5-7-14(44-4)8-6-13)25(37)19(15)27(39)21-18(12)26(38)20-22(28(21)40)29(41)23(31(33)43)30(42)24(20)36(2)3/h5-12,18,20,22,24,26,37-39,42H,1-4H3,(H2,33,43)(H,34,35)/t12-,18?,20?,22?,24-,26?/m0/s1. The van der Waals surface area contributed by atoms with Crippen LogP contribution in [0.2, 0.25) is 0 Å². The zero-order chi connectivity index (χ0) is 32.5. The number of methoxy groups -OCH3 is 1. The van der Waals surface area contributed by atoms with E-state index in [2.05, 4.69) is 10.3 Å². The molecule has 1 saturated carbocycles. The molecule has 6 rings (SSSR count). The van der Waals surface area contributed by atoms with Crippen LogP contribution < -0.4 is 15.8 Å². The Morgan fingerprint density at radius 2 is 1.76 bits per heavy atom. The normalized spacial score (nSPS) is 26.0. The number of aromatic hydroxyl groups is 1. The summed E-state index contributed by atoms with van der Waals surface area (Å²) in [5.74, 6) is -8.05. The van der Waals surface area contributed by atoms with Crippen LogP contribution in [0.1, 0.15) is 24.0 Å². The molecule has 45 heavy (non-hydrogen) atoms. The lowest BCUT2D eigenvalue weighted by atomic mass is 9.56. The van der Waals surface area contributed by atoms with E-state index in [1.165, 1.54) is 16.2 Å². The Hall–Kier alpha value is -4.72. The molecular formula is C32H32N4O8S. The number of rotatable bonds is 6. The second-order valence-electron chi connectivity index (χ2n) is 11.7. The van der Waals surface area contributed by atoms with Gasteiger partial charge >= 0.3 is 0 Å². The Labute approximate surface area is 262 Å². The molecule has 1 heterocycles. The smallest absolute Gasteiger partial charge is 0.255 e. The number of aliphatic hydroxyl groups excluding tert-OH is 3. The molecule has 6 atom stereocenters.